The van der Waals surface area contributed by atoms with Gasteiger partial charge in [-0.3, -0.25) is 4.79 Å². The number of aromatic nitrogens is 2. The molecule has 0 unspecified atom stereocenters. The zero-order valence-corrected chi connectivity index (χ0v) is 16.0. The SMILES string of the molecule is O=C(c1ccc2c(-c3cccc4ccnn34)cccc2c1)N1C[C@H]2C[C@@]2(CO)C1. The standard InChI is InChI=1S/C24H21N3O2/c28-15-24-12-18(24)13-26(14-24)23(29)17-7-8-20-16(11-17)3-1-5-21(20)22-6-2-4-19-9-10-25-27(19)22/h1-11,18,28H,12-15H2/t18-,24+/m1/s1. The molecule has 29 heavy (non-hydrogen) atoms. The maximum Gasteiger partial charge on any atom is 0.253 e. The second-order valence-electron chi connectivity index (χ2n) is 8.43. The number of aliphatic hydroxyl groups excluding tert-OH is 1. The highest BCUT2D eigenvalue weighted by Gasteiger charge is 2.60. The Hall–Kier alpha value is -3.18. The Morgan fingerprint density at radius 2 is 2.03 bits per heavy atom. The Morgan fingerprint density at radius 1 is 1.14 bits per heavy atom. The summed E-state index contributed by atoms with van der Waals surface area (Å²) in [5.74, 6) is 0.532. The van der Waals surface area contributed by atoms with Crippen molar-refractivity contribution < 1.29 is 9.90 Å². The zero-order chi connectivity index (χ0) is 19.6. The van der Waals surface area contributed by atoms with Gasteiger partial charge in [-0.1, -0.05) is 30.3 Å². The smallest absolute Gasteiger partial charge is 0.253 e. The van der Waals surface area contributed by atoms with Crippen molar-refractivity contribution in [1.29, 1.82) is 0 Å². The molecule has 4 aromatic rings. The van der Waals surface area contributed by atoms with E-state index in [-0.39, 0.29) is 17.9 Å². The monoisotopic (exact) mass is 383 g/mol. The molecular formula is C24H21N3O2. The Morgan fingerprint density at radius 3 is 2.90 bits per heavy atom. The minimum atomic E-state index is -0.0257. The van der Waals surface area contributed by atoms with Crippen molar-refractivity contribution >= 4 is 22.2 Å². The van der Waals surface area contributed by atoms with Gasteiger partial charge in [-0.05, 0) is 53.4 Å². The minimum Gasteiger partial charge on any atom is -0.396 e. The first kappa shape index (κ1) is 16.7. The third-order valence-corrected chi connectivity index (χ3v) is 6.73. The highest BCUT2D eigenvalue weighted by atomic mass is 16.3. The molecule has 2 fully saturated rings. The van der Waals surface area contributed by atoms with Gasteiger partial charge in [0.15, 0.2) is 0 Å². The molecule has 0 bridgehead atoms. The summed E-state index contributed by atoms with van der Waals surface area (Å²) in [6.45, 7) is 1.62. The number of carbonyl (C=O) groups excluding carboxylic acids is 1. The summed E-state index contributed by atoms with van der Waals surface area (Å²) < 4.78 is 1.94. The minimum absolute atomic E-state index is 0.0257. The number of fused-ring (bicyclic) bond motifs is 3. The highest BCUT2D eigenvalue weighted by molar-refractivity contribution is 6.02. The third kappa shape index (κ3) is 2.44. The molecular weight excluding hydrogens is 362 g/mol. The van der Waals surface area contributed by atoms with Gasteiger partial charge in [0.2, 0.25) is 0 Å². The van der Waals surface area contributed by atoms with Crippen LogP contribution in [0.2, 0.25) is 0 Å². The largest absolute Gasteiger partial charge is 0.396 e. The van der Waals surface area contributed by atoms with Crippen LogP contribution in [0.4, 0.5) is 0 Å². The van der Waals surface area contributed by atoms with Crippen molar-refractivity contribution in [2.45, 2.75) is 6.42 Å². The van der Waals surface area contributed by atoms with Gasteiger partial charge < -0.3 is 10.0 Å². The Kier molecular flexibility index (Phi) is 3.41. The predicted molar refractivity (Wildman–Crippen MR) is 112 cm³/mol. The lowest BCUT2D eigenvalue weighted by Gasteiger charge is -2.20. The van der Waals surface area contributed by atoms with Crippen LogP contribution in [0.15, 0.2) is 66.9 Å². The molecule has 2 atom stereocenters. The fourth-order valence-corrected chi connectivity index (χ4v) is 4.97. The predicted octanol–water partition coefficient (Wildman–Crippen LogP) is 3.61. The van der Waals surface area contributed by atoms with E-state index in [1.165, 1.54) is 0 Å². The topological polar surface area (TPSA) is 57.8 Å². The molecule has 6 rings (SSSR count). The van der Waals surface area contributed by atoms with Gasteiger partial charge in [0.25, 0.3) is 5.91 Å². The van der Waals surface area contributed by atoms with Crippen molar-refractivity contribution in [3.8, 4) is 11.3 Å². The van der Waals surface area contributed by atoms with Crippen molar-refractivity contribution in [3.63, 3.8) is 0 Å². The number of hydrogen-bond donors (Lipinski definition) is 1. The molecule has 2 aliphatic rings. The number of likely N-dealkylation sites (tertiary alicyclic amines) is 1. The average molecular weight is 383 g/mol. The Bertz CT molecular complexity index is 1270. The van der Waals surface area contributed by atoms with Gasteiger partial charge in [0.1, 0.15) is 0 Å². The Labute approximate surface area is 168 Å². The zero-order valence-electron chi connectivity index (χ0n) is 16.0. The second-order valence-corrected chi connectivity index (χ2v) is 8.43. The number of rotatable bonds is 3. The van der Waals surface area contributed by atoms with Crippen LogP contribution >= 0.6 is 0 Å². The summed E-state index contributed by atoms with van der Waals surface area (Å²) in [6.07, 6.45) is 2.85. The molecule has 144 valence electrons. The quantitative estimate of drug-likeness (QED) is 0.588. The molecule has 1 aliphatic heterocycles. The van der Waals surface area contributed by atoms with Gasteiger partial charge in [0, 0.05) is 29.6 Å². The molecule has 3 heterocycles. The van der Waals surface area contributed by atoms with Crippen LogP contribution < -0.4 is 0 Å². The maximum absolute atomic E-state index is 13.0. The first-order valence-electron chi connectivity index (χ1n) is 10.0. The molecule has 1 saturated carbocycles. The second kappa shape index (κ2) is 5.91. The van der Waals surface area contributed by atoms with Crippen LogP contribution in [0.3, 0.4) is 0 Å². The van der Waals surface area contributed by atoms with Gasteiger partial charge in [-0.2, -0.15) is 5.10 Å². The van der Waals surface area contributed by atoms with Gasteiger partial charge in [0.05, 0.1) is 24.0 Å². The molecule has 1 saturated heterocycles. The molecule has 2 aromatic carbocycles. The molecule has 2 aromatic heterocycles. The van der Waals surface area contributed by atoms with Crippen LogP contribution in [0.1, 0.15) is 16.8 Å². The van der Waals surface area contributed by atoms with Gasteiger partial charge in [-0.25, -0.2) is 4.52 Å². The van der Waals surface area contributed by atoms with Gasteiger partial charge in [-0.15, -0.1) is 0 Å². The van der Waals surface area contributed by atoms with E-state index in [0.717, 1.165) is 40.5 Å². The van der Waals surface area contributed by atoms with Crippen molar-refractivity contribution in [1.82, 2.24) is 14.5 Å². The van der Waals surface area contributed by atoms with E-state index >= 15 is 0 Å². The fourth-order valence-electron chi connectivity index (χ4n) is 4.97. The lowest BCUT2D eigenvalue weighted by atomic mass is 9.99. The van der Waals surface area contributed by atoms with E-state index in [9.17, 15) is 9.90 Å². The van der Waals surface area contributed by atoms with Crippen LogP contribution in [0.25, 0.3) is 27.5 Å². The van der Waals surface area contributed by atoms with Crippen molar-refractivity contribution in [2.24, 2.45) is 11.3 Å². The number of aliphatic hydroxyl groups is 1. The van der Waals surface area contributed by atoms with Crippen LogP contribution in [-0.4, -0.2) is 45.2 Å². The first-order valence-corrected chi connectivity index (χ1v) is 10.0. The van der Waals surface area contributed by atoms with Crippen molar-refractivity contribution in [3.05, 3.63) is 72.4 Å². The number of pyridine rings is 1. The lowest BCUT2D eigenvalue weighted by Crippen LogP contribution is -2.32. The van der Waals surface area contributed by atoms with E-state index in [1.54, 1.807) is 6.20 Å². The van der Waals surface area contributed by atoms with Crippen molar-refractivity contribution in [2.75, 3.05) is 19.7 Å². The van der Waals surface area contributed by atoms with Gasteiger partial charge >= 0.3 is 0 Å². The number of carbonyl (C=O) groups is 1. The number of nitrogens with zero attached hydrogens (tertiary/aromatic N) is 3. The molecule has 1 amide bonds. The van der Waals surface area contributed by atoms with Crippen LogP contribution in [0.5, 0.6) is 0 Å². The number of amides is 1. The number of piperidine rings is 1. The Balaban J connectivity index is 1.39. The summed E-state index contributed by atoms with van der Waals surface area (Å²) in [5.41, 5.74) is 3.86. The molecule has 5 nitrogen and oxygen atoms in total. The number of hydrogen-bond acceptors (Lipinski definition) is 3. The summed E-state index contributed by atoms with van der Waals surface area (Å²) in [6, 6.07) is 20.3. The summed E-state index contributed by atoms with van der Waals surface area (Å²) in [4.78, 5) is 14.9. The lowest BCUT2D eigenvalue weighted by molar-refractivity contribution is 0.0751. The molecule has 0 spiro atoms. The number of benzene rings is 2. The summed E-state index contributed by atoms with van der Waals surface area (Å²) >= 11 is 0. The molecule has 1 N–H and O–H groups in total. The van der Waals surface area contributed by atoms with E-state index in [4.69, 9.17) is 0 Å². The van der Waals surface area contributed by atoms with E-state index < -0.39 is 0 Å². The van der Waals surface area contributed by atoms with Crippen LogP contribution in [-0.2, 0) is 0 Å². The van der Waals surface area contributed by atoms with E-state index in [2.05, 4.69) is 23.3 Å². The fraction of sp³-hybridized carbons (Fsp3) is 0.250. The average Bonchev–Trinajstić information content (AvgIpc) is 3.09. The molecule has 0 radical (unpaired) electrons. The van der Waals surface area contributed by atoms with E-state index in [1.807, 2.05) is 51.9 Å². The third-order valence-electron chi connectivity index (χ3n) is 6.73. The molecule has 5 heteroatoms. The van der Waals surface area contributed by atoms with Crippen LogP contribution in [0, 0.1) is 11.3 Å². The summed E-state index contributed by atoms with van der Waals surface area (Å²) in [5, 5.41) is 16.2. The normalized spacial score (nSPS) is 22.9. The highest BCUT2D eigenvalue weighted by Crippen LogP contribution is 2.57. The summed E-state index contributed by atoms with van der Waals surface area (Å²) in [7, 11) is 0. The molecule has 1 aliphatic carbocycles. The van der Waals surface area contributed by atoms with E-state index in [0.29, 0.717) is 18.0 Å². The first-order chi connectivity index (χ1) is 14.2. The maximum atomic E-state index is 13.0.